The first kappa shape index (κ1) is 68.2. The molecule has 460 valence electrons. The Morgan fingerprint density at radius 3 is 1.65 bits per heavy atom. The topological polar surface area (TPSA) is 376 Å². The van der Waals surface area contributed by atoms with Crippen LogP contribution in [0.5, 0.6) is 6.01 Å². The summed E-state index contributed by atoms with van der Waals surface area (Å²) in [5, 5.41) is 39.6. The van der Waals surface area contributed by atoms with E-state index in [-0.39, 0.29) is 54.1 Å². The van der Waals surface area contributed by atoms with Gasteiger partial charge in [-0.05, 0) is 96.8 Å². The molecule has 4 aromatic rings. The van der Waals surface area contributed by atoms with Crippen LogP contribution in [0.2, 0.25) is 0 Å². The second-order valence-corrected chi connectivity index (χ2v) is 23.3. The molecule has 4 N–H and O–H groups in total. The lowest BCUT2D eigenvalue weighted by atomic mass is 10.0. The van der Waals surface area contributed by atoms with E-state index >= 15 is 0 Å². The van der Waals surface area contributed by atoms with E-state index in [4.69, 9.17) is 31.1 Å². The van der Waals surface area contributed by atoms with Gasteiger partial charge in [0.1, 0.15) is 58.0 Å². The molecule has 36 heteroatoms. The number of carbonyl (C=O) groups is 4. The molecule has 8 heterocycles. The average Bonchev–Trinajstić information content (AvgIpc) is 3.63. The number of halogens is 2. The second-order valence-electron chi connectivity index (χ2n) is 18.8. The Hall–Kier alpha value is -6.59. The van der Waals surface area contributed by atoms with Crippen LogP contribution in [-0.2, 0) is 72.5 Å². The summed E-state index contributed by atoms with van der Waals surface area (Å²) in [6.45, 7) is 25.5. The molecule has 3 amide bonds. The molecule has 4 fully saturated rings. The van der Waals surface area contributed by atoms with Crippen molar-refractivity contribution < 1.29 is 86.7 Å². The van der Waals surface area contributed by atoms with Gasteiger partial charge in [-0.15, -0.1) is 0 Å². The highest BCUT2D eigenvalue weighted by Gasteiger charge is 2.38. The number of nitrogens with zero attached hydrogens (tertiary/aromatic N) is 12. The highest BCUT2D eigenvalue weighted by molar-refractivity contribution is 14.2. The number of amides is 3. The minimum atomic E-state index is -3.87. The van der Waals surface area contributed by atoms with E-state index in [2.05, 4.69) is 127 Å². The van der Waals surface area contributed by atoms with Crippen molar-refractivity contribution in [2.45, 2.75) is 91.2 Å². The van der Waals surface area contributed by atoms with Gasteiger partial charge in [-0.2, -0.15) is 18.4 Å². The van der Waals surface area contributed by atoms with Gasteiger partial charge in [-0.25, -0.2) is 44.8 Å². The number of likely N-dealkylation sites (tertiary alicyclic amines) is 1. The summed E-state index contributed by atoms with van der Waals surface area (Å²) in [5.74, 6) is 3.12. The lowest BCUT2D eigenvalue weighted by Gasteiger charge is -2.30. The van der Waals surface area contributed by atoms with E-state index in [1.165, 1.54) is 6.08 Å². The van der Waals surface area contributed by atoms with Gasteiger partial charge in [0.2, 0.25) is 23.0 Å². The van der Waals surface area contributed by atoms with Crippen molar-refractivity contribution in [3.8, 4) is 6.01 Å². The average molecular weight is 1330 g/mol. The Kier molecular flexibility index (Phi) is 28.4. The van der Waals surface area contributed by atoms with E-state index in [1.807, 2.05) is 40.1 Å². The van der Waals surface area contributed by atoms with Crippen LogP contribution in [0, 0.1) is 11.8 Å². The first-order chi connectivity index (χ1) is 40.2. The highest BCUT2D eigenvalue weighted by Crippen LogP contribution is 2.29. The maximum atomic E-state index is 12.3. The lowest BCUT2D eigenvalue weighted by Crippen LogP contribution is -2.43. The zero-order valence-corrected chi connectivity index (χ0v) is 50.2. The number of piperidine rings is 1. The Balaban J connectivity index is 0.000000240. The predicted octanol–water partition coefficient (Wildman–Crippen LogP) is 5.42. The third-order valence-corrected chi connectivity index (χ3v) is 13.2. The SMILES string of the molecule is C=CC(=O)Cl.C=CC(=O)N1CCC(Oc2ncc(C(C)Nc3nccc(N4C(=O)OC[C@@H]4C(C)C)n3)cn2)CC1.CC(Nc1nccc(N2C(=O)OC[C@@H]2C(C)C)n1)c1cnc(CN2CCNCC2)nc1.O=S(=O)(I)OOOOOOOOO. The van der Waals surface area contributed by atoms with Crippen molar-refractivity contribution in [1.29, 1.82) is 0 Å². The van der Waals surface area contributed by atoms with Crippen LogP contribution in [0.3, 0.4) is 0 Å². The summed E-state index contributed by atoms with van der Waals surface area (Å²) in [6.07, 6.45) is 13.4. The number of carbonyl (C=O) groups excluding carboxylic acids is 4. The minimum Gasteiger partial charge on any atom is -0.460 e. The highest BCUT2D eigenvalue weighted by atomic mass is 127. The van der Waals surface area contributed by atoms with E-state index < -0.39 is 18.6 Å². The van der Waals surface area contributed by atoms with Crippen LogP contribution in [0.4, 0.5) is 33.1 Å². The monoisotopic (exact) mass is 1330 g/mol. The largest absolute Gasteiger partial charge is 0.460 e. The molecular formula is C48H65ClIN15O18S. The van der Waals surface area contributed by atoms with Gasteiger partial charge in [-0.3, -0.25) is 24.3 Å². The number of piperazine rings is 1. The van der Waals surface area contributed by atoms with Crippen LogP contribution >= 0.6 is 32.8 Å². The fourth-order valence-electron chi connectivity index (χ4n) is 7.96. The molecule has 4 aromatic heterocycles. The molecule has 0 spiro atoms. The maximum absolute atomic E-state index is 12.3. The van der Waals surface area contributed by atoms with Gasteiger partial charge in [0.05, 0.1) is 30.7 Å². The van der Waals surface area contributed by atoms with Gasteiger partial charge in [0.15, 0.2) is 0 Å². The normalized spacial score (nSPS) is 18.0. The second kappa shape index (κ2) is 35.0. The van der Waals surface area contributed by atoms with E-state index in [0.717, 1.165) is 89.8 Å². The van der Waals surface area contributed by atoms with Crippen molar-refractivity contribution in [2.75, 3.05) is 72.9 Å². The molecule has 84 heavy (non-hydrogen) atoms. The zero-order chi connectivity index (χ0) is 61.2. The standard InChI is InChI=1S/C24H31N7O4.C21H30N8O2.C3H3ClO.HIO11S/c1-5-21(32)30-10-7-18(8-11-30)35-23-26-12-17(13-27-23)16(4)28-22-25-9-6-20(29-22)31-19(15(2)3)14-34-24(31)33;1-14(2)17-13-31-21(30)29(17)19-4-5-23-20(27-19)26-15(3)16-10-24-18(25-11-16)12-28-8-6-22-7-9-28;1-2-3(4)5;1-13(3,4)12-11-10-9-8-7-6-5-2/h5-6,9,12-13,15-16,18-19H,1,7-8,10-11,14H2,2-4H3,(H,25,28,29);4-5,10-11,14-15,17,22H,6-9,12-13H2,1-3H3,(H,23,26,27);2H,1H2;2H/t16?,19-;15?,17-;;/m11../s1. The van der Waals surface area contributed by atoms with Crippen molar-refractivity contribution in [3.05, 3.63) is 91.6 Å². The van der Waals surface area contributed by atoms with Crippen LogP contribution < -0.4 is 30.5 Å². The van der Waals surface area contributed by atoms with Crippen LogP contribution in [0.15, 0.2) is 74.6 Å². The van der Waals surface area contributed by atoms with Crippen LogP contribution in [0.1, 0.15) is 83.4 Å². The molecule has 0 aliphatic carbocycles. The van der Waals surface area contributed by atoms with Crippen molar-refractivity contribution in [2.24, 2.45) is 11.8 Å². The quantitative estimate of drug-likeness (QED) is 0.0170. The number of nitrogens with one attached hydrogen (secondary N) is 3. The molecular weight excluding hydrogens is 1270 g/mol. The number of allylic oxidation sites excluding steroid dienone is 1. The van der Waals surface area contributed by atoms with E-state index in [9.17, 15) is 27.6 Å². The molecule has 33 nitrogen and oxygen atoms in total. The third-order valence-electron chi connectivity index (χ3n) is 12.4. The van der Waals surface area contributed by atoms with Crippen molar-refractivity contribution >= 4 is 87.0 Å². The summed E-state index contributed by atoms with van der Waals surface area (Å²) >= 11 is 5.60. The van der Waals surface area contributed by atoms with Gasteiger partial charge < -0.3 is 35.1 Å². The minimum absolute atomic E-state index is 0.0339. The van der Waals surface area contributed by atoms with Crippen LogP contribution in [-0.4, -0.2) is 157 Å². The van der Waals surface area contributed by atoms with E-state index in [0.29, 0.717) is 55.8 Å². The molecule has 2 unspecified atom stereocenters. The number of aromatic nitrogens is 8. The number of hydrogen-bond acceptors (Lipinski definition) is 30. The van der Waals surface area contributed by atoms with E-state index in [1.54, 1.807) is 51.6 Å². The van der Waals surface area contributed by atoms with Crippen molar-refractivity contribution in [1.82, 2.24) is 55.0 Å². The Morgan fingerprint density at radius 1 is 0.750 bits per heavy atom. The fourth-order valence-corrected chi connectivity index (χ4v) is 8.23. The summed E-state index contributed by atoms with van der Waals surface area (Å²) in [5.41, 5.74) is 1.78. The fraction of sp³-hybridized carbons (Fsp3) is 0.500. The van der Waals surface area contributed by atoms with Gasteiger partial charge in [0, 0.05) is 100 Å². The van der Waals surface area contributed by atoms with Gasteiger partial charge in [-0.1, -0.05) is 45.2 Å². The molecule has 8 rings (SSSR count). The van der Waals surface area contributed by atoms with Gasteiger partial charge in [0.25, 0.3) is 0 Å². The molecule has 4 aliphatic heterocycles. The zero-order valence-electron chi connectivity index (χ0n) is 46.4. The first-order valence-corrected chi connectivity index (χ1v) is 30.0. The summed E-state index contributed by atoms with van der Waals surface area (Å²) in [7, 11) is -3.87. The molecule has 0 saturated carbocycles. The first-order valence-electron chi connectivity index (χ1n) is 25.7. The number of ether oxygens (including phenoxy) is 3. The Bertz CT molecular complexity index is 2850. The molecule has 0 aromatic carbocycles. The third kappa shape index (κ3) is 22.8. The number of rotatable bonds is 24. The summed E-state index contributed by atoms with van der Waals surface area (Å²) < 4.78 is 40.1. The van der Waals surface area contributed by atoms with Gasteiger partial charge >= 0.3 is 25.5 Å². The molecule has 0 radical (unpaired) electrons. The van der Waals surface area contributed by atoms with Crippen LogP contribution in [0.25, 0.3) is 0 Å². The molecule has 4 atom stereocenters. The number of hydrogen-bond donors (Lipinski definition) is 4. The molecule has 4 aliphatic rings. The maximum Gasteiger partial charge on any atom is 0.415 e. The lowest BCUT2D eigenvalue weighted by molar-refractivity contribution is -0.825. The molecule has 4 saturated heterocycles. The smallest absolute Gasteiger partial charge is 0.415 e. The predicted molar refractivity (Wildman–Crippen MR) is 301 cm³/mol. The van der Waals surface area contributed by atoms with Crippen molar-refractivity contribution in [3.63, 3.8) is 0 Å². The number of anilines is 4. The summed E-state index contributed by atoms with van der Waals surface area (Å²) in [4.78, 5) is 88.4. The Labute approximate surface area is 499 Å². The molecule has 0 bridgehead atoms. The Morgan fingerprint density at radius 2 is 1.21 bits per heavy atom. The summed E-state index contributed by atoms with van der Waals surface area (Å²) in [6, 6.07) is 3.35. The number of cyclic esters (lactones) is 2.